The Morgan fingerprint density at radius 2 is 2.11 bits per heavy atom. The third-order valence-corrected chi connectivity index (χ3v) is 5.45. The Kier molecular flexibility index (Phi) is 7.53. The van der Waals surface area contributed by atoms with Crippen molar-refractivity contribution in [3.05, 3.63) is 23.3 Å². The smallest absolute Gasteiger partial charge is 0.255 e. The van der Waals surface area contributed by atoms with Gasteiger partial charge in [0, 0.05) is 32.0 Å². The lowest BCUT2D eigenvalue weighted by atomic mass is 9.93. The van der Waals surface area contributed by atoms with Crippen LogP contribution in [0.1, 0.15) is 41.6 Å². The normalized spacial score (nSPS) is 22.5. The number of fused-ring (bicyclic) bond motifs is 1. The predicted molar refractivity (Wildman–Crippen MR) is 106 cm³/mol. The van der Waals surface area contributed by atoms with Crippen LogP contribution in [-0.4, -0.2) is 73.1 Å². The zero-order valence-electron chi connectivity index (χ0n) is 16.7. The Hall–Kier alpha value is -1.83. The summed E-state index contributed by atoms with van der Waals surface area (Å²) in [6.07, 6.45) is 2.89. The molecule has 0 saturated carbocycles. The summed E-state index contributed by atoms with van der Waals surface area (Å²) in [6, 6.07) is 3.72. The first-order valence-corrected chi connectivity index (χ1v) is 10.3. The van der Waals surface area contributed by atoms with E-state index in [9.17, 15) is 9.90 Å². The molecule has 0 unspecified atom stereocenters. The van der Waals surface area contributed by atoms with Gasteiger partial charge in [-0.1, -0.05) is 0 Å². The maximum atomic E-state index is 12.8. The van der Waals surface area contributed by atoms with E-state index in [-0.39, 0.29) is 18.4 Å². The number of amides is 1. The maximum absolute atomic E-state index is 12.8. The SMILES string of the molecule is Cc1cc2c(c(C(=O)NC[C@@H]3CCN(CCCCO)C[C@H]3O)c1)OCCCO2. The molecule has 3 N–H and O–H groups in total. The molecule has 2 aliphatic heterocycles. The van der Waals surface area contributed by atoms with Gasteiger partial charge in [-0.25, -0.2) is 0 Å². The summed E-state index contributed by atoms with van der Waals surface area (Å²) < 4.78 is 11.5. The molecule has 1 aromatic rings. The minimum Gasteiger partial charge on any atom is -0.490 e. The fourth-order valence-corrected chi connectivity index (χ4v) is 3.83. The number of likely N-dealkylation sites (tertiary alicyclic amines) is 1. The second-order valence-corrected chi connectivity index (χ2v) is 7.75. The number of rotatable bonds is 7. The molecule has 0 aliphatic carbocycles. The Labute approximate surface area is 166 Å². The molecule has 28 heavy (non-hydrogen) atoms. The summed E-state index contributed by atoms with van der Waals surface area (Å²) in [5.41, 5.74) is 1.44. The van der Waals surface area contributed by atoms with Gasteiger partial charge in [0.15, 0.2) is 11.5 Å². The zero-order valence-corrected chi connectivity index (χ0v) is 16.7. The number of β-amino-alcohol motifs (C(OH)–C–C–N with tert-alkyl or cyclic N) is 1. The number of nitrogens with zero attached hydrogens (tertiary/aromatic N) is 1. The Bertz CT molecular complexity index is 666. The largest absolute Gasteiger partial charge is 0.490 e. The van der Waals surface area contributed by atoms with Gasteiger partial charge < -0.3 is 29.9 Å². The number of benzene rings is 1. The highest BCUT2D eigenvalue weighted by atomic mass is 16.5. The van der Waals surface area contributed by atoms with Gasteiger partial charge in [0.05, 0.1) is 24.9 Å². The summed E-state index contributed by atoms with van der Waals surface area (Å²) >= 11 is 0. The first-order chi connectivity index (χ1) is 13.6. The van der Waals surface area contributed by atoms with Crippen LogP contribution in [0, 0.1) is 12.8 Å². The van der Waals surface area contributed by atoms with Crippen LogP contribution in [0.15, 0.2) is 12.1 Å². The van der Waals surface area contributed by atoms with Crippen LogP contribution in [0.4, 0.5) is 0 Å². The number of hydrogen-bond donors (Lipinski definition) is 3. The third kappa shape index (κ3) is 5.37. The highest BCUT2D eigenvalue weighted by Gasteiger charge is 2.28. The molecule has 0 spiro atoms. The molecular weight excluding hydrogens is 360 g/mol. The van der Waals surface area contributed by atoms with Gasteiger partial charge in [0.25, 0.3) is 5.91 Å². The fourth-order valence-electron chi connectivity index (χ4n) is 3.83. The van der Waals surface area contributed by atoms with Crippen molar-refractivity contribution in [1.82, 2.24) is 10.2 Å². The lowest BCUT2D eigenvalue weighted by Crippen LogP contribution is -2.47. The lowest BCUT2D eigenvalue weighted by molar-refractivity contribution is 0.0212. The van der Waals surface area contributed by atoms with Gasteiger partial charge >= 0.3 is 0 Å². The molecule has 2 heterocycles. The fraction of sp³-hybridized carbons (Fsp3) is 0.667. The van der Waals surface area contributed by atoms with Crippen molar-refractivity contribution in [1.29, 1.82) is 0 Å². The Balaban J connectivity index is 1.56. The summed E-state index contributed by atoms with van der Waals surface area (Å²) in [6.45, 7) is 6.11. The van der Waals surface area contributed by atoms with Crippen molar-refractivity contribution >= 4 is 5.91 Å². The van der Waals surface area contributed by atoms with Crippen molar-refractivity contribution in [3.8, 4) is 11.5 Å². The molecule has 0 aromatic heterocycles. The average Bonchev–Trinajstić information content (AvgIpc) is 2.92. The van der Waals surface area contributed by atoms with E-state index < -0.39 is 6.10 Å². The number of unbranched alkanes of at least 4 members (excludes halogenated alkanes) is 1. The summed E-state index contributed by atoms with van der Waals surface area (Å²) in [5.74, 6) is 0.986. The van der Waals surface area contributed by atoms with E-state index >= 15 is 0 Å². The van der Waals surface area contributed by atoms with E-state index in [0.717, 1.165) is 44.3 Å². The van der Waals surface area contributed by atoms with Crippen LogP contribution < -0.4 is 14.8 Å². The standard InChI is InChI=1S/C21H32N2O5/c1-15-11-17(20-19(12-15)27-9-4-10-28-20)21(26)22-13-16-5-7-23(14-18(16)25)6-2-3-8-24/h11-12,16,18,24-25H,2-10,13-14H2,1H3,(H,22,26)/t16-,18+/m0/s1. The molecule has 2 atom stereocenters. The van der Waals surface area contributed by atoms with Gasteiger partial charge in [0.1, 0.15) is 0 Å². The second kappa shape index (κ2) is 10.1. The van der Waals surface area contributed by atoms with Gasteiger partial charge in [-0.2, -0.15) is 0 Å². The quantitative estimate of drug-likeness (QED) is 0.607. The van der Waals surface area contributed by atoms with Crippen LogP contribution >= 0.6 is 0 Å². The summed E-state index contributed by atoms with van der Waals surface area (Å²) in [5, 5.41) is 22.3. The van der Waals surface area contributed by atoms with Crippen LogP contribution in [0.5, 0.6) is 11.5 Å². The monoisotopic (exact) mass is 392 g/mol. The summed E-state index contributed by atoms with van der Waals surface area (Å²) in [7, 11) is 0. The van der Waals surface area contributed by atoms with Crippen LogP contribution in [0.2, 0.25) is 0 Å². The lowest BCUT2D eigenvalue weighted by Gasteiger charge is -2.36. The number of ether oxygens (including phenoxy) is 2. The molecule has 0 bridgehead atoms. The number of carbonyl (C=O) groups is 1. The van der Waals surface area contributed by atoms with Crippen LogP contribution in [0.25, 0.3) is 0 Å². The number of aliphatic hydroxyl groups excluding tert-OH is 2. The molecule has 1 saturated heterocycles. The number of hydrogen-bond acceptors (Lipinski definition) is 6. The molecule has 1 fully saturated rings. The Morgan fingerprint density at radius 3 is 2.89 bits per heavy atom. The number of carbonyl (C=O) groups excluding carboxylic acids is 1. The van der Waals surface area contributed by atoms with Gasteiger partial charge in [-0.15, -0.1) is 0 Å². The molecule has 156 valence electrons. The van der Waals surface area contributed by atoms with Gasteiger partial charge in [-0.3, -0.25) is 4.79 Å². The second-order valence-electron chi connectivity index (χ2n) is 7.75. The van der Waals surface area contributed by atoms with E-state index in [1.807, 2.05) is 19.1 Å². The Morgan fingerprint density at radius 1 is 1.29 bits per heavy atom. The molecule has 7 nitrogen and oxygen atoms in total. The van der Waals surface area contributed by atoms with E-state index in [1.165, 1.54) is 0 Å². The topological polar surface area (TPSA) is 91.3 Å². The van der Waals surface area contributed by atoms with Gasteiger partial charge in [0.2, 0.25) is 0 Å². The van der Waals surface area contributed by atoms with Crippen molar-refractivity contribution in [2.45, 2.75) is 38.7 Å². The minimum atomic E-state index is -0.461. The number of aliphatic hydroxyl groups is 2. The number of aryl methyl sites for hydroxylation is 1. The molecule has 7 heteroatoms. The van der Waals surface area contributed by atoms with E-state index in [0.29, 0.717) is 43.4 Å². The maximum Gasteiger partial charge on any atom is 0.255 e. The van der Waals surface area contributed by atoms with Gasteiger partial charge in [-0.05, 0) is 57.0 Å². The predicted octanol–water partition coefficient (Wildman–Crippen LogP) is 1.34. The molecule has 0 radical (unpaired) electrons. The highest BCUT2D eigenvalue weighted by molar-refractivity contribution is 5.98. The third-order valence-electron chi connectivity index (χ3n) is 5.45. The molecule has 1 aromatic carbocycles. The molecule has 2 aliphatic rings. The summed E-state index contributed by atoms with van der Waals surface area (Å²) in [4.78, 5) is 15.0. The van der Waals surface area contributed by atoms with Crippen molar-refractivity contribution < 1.29 is 24.5 Å². The molecule has 3 rings (SSSR count). The van der Waals surface area contributed by atoms with Crippen molar-refractivity contribution in [2.75, 3.05) is 46.0 Å². The zero-order chi connectivity index (χ0) is 19.9. The number of nitrogens with one attached hydrogen (secondary N) is 1. The first-order valence-electron chi connectivity index (χ1n) is 10.3. The average molecular weight is 392 g/mol. The van der Waals surface area contributed by atoms with Crippen LogP contribution in [-0.2, 0) is 0 Å². The first kappa shape index (κ1) is 20.9. The number of piperidine rings is 1. The van der Waals surface area contributed by atoms with E-state index in [1.54, 1.807) is 0 Å². The molecule has 1 amide bonds. The van der Waals surface area contributed by atoms with Crippen molar-refractivity contribution in [2.24, 2.45) is 5.92 Å². The highest BCUT2D eigenvalue weighted by Crippen LogP contribution is 2.34. The van der Waals surface area contributed by atoms with Crippen molar-refractivity contribution in [3.63, 3.8) is 0 Å². The van der Waals surface area contributed by atoms with Crippen LogP contribution in [0.3, 0.4) is 0 Å². The van der Waals surface area contributed by atoms with E-state index in [2.05, 4.69) is 10.2 Å². The minimum absolute atomic E-state index is 0.0404. The van der Waals surface area contributed by atoms with E-state index in [4.69, 9.17) is 14.6 Å². The molecular formula is C21H32N2O5.